The first kappa shape index (κ1) is 9.86. The molecule has 0 aliphatic rings. The molecule has 0 fully saturated rings. The van der Waals surface area contributed by atoms with Gasteiger partial charge in [0.2, 0.25) is 5.88 Å². The summed E-state index contributed by atoms with van der Waals surface area (Å²) >= 11 is 0. The molecule has 0 amide bonds. The van der Waals surface area contributed by atoms with E-state index >= 15 is 0 Å². The van der Waals surface area contributed by atoms with E-state index in [0.29, 0.717) is 19.1 Å². The van der Waals surface area contributed by atoms with E-state index in [1.807, 2.05) is 24.3 Å². The molecule has 1 aromatic heterocycles. The van der Waals surface area contributed by atoms with E-state index in [1.165, 1.54) is 6.33 Å². The van der Waals surface area contributed by atoms with Crippen LogP contribution in [0.15, 0.2) is 30.6 Å². The van der Waals surface area contributed by atoms with Gasteiger partial charge in [-0.2, -0.15) is 0 Å². The lowest BCUT2D eigenvalue weighted by molar-refractivity contribution is 0.144. The Morgan fingerprint density at radius 1 is 1.13 bits per heavy atom. The molecule has 4 nitrogen and oxygen atoms in total. The third kappa shape index (κ3) is 2.22. The number of fused-ring (bicyclic) bond motifs is 1. The lowest BCUT2D eigenvalue weighted by atomic mass is 10.2. The van der Waals surface area contributed by atoms with E-state index < -0.39 is 0 Å². The molecule has 2 aromatic rings. The molecule has 0 aliphatic carbocycles. The van der Waals surface area contributed by atoms with E-state index in [0.717, 1.165) is 10.9 Å². The van der Waals surface area contributed by atoms with Crippen LogP contribution in [-0.2, 0) is 4.74 Å². The Balaban J connectivity index is 2.26. The van der Waals surface area contributed by atoms with Crippen LogP contribution in [0.5, 0.6) is 5.88 Å². The summed E-state index contributed by atoms with van der Waals surface area (Å²) in [6.07, 6.45) is 1.50. The van der Waals surface area contributed by atoms with Crippen LogP contribution in [0.25, 0.3) is 10.9 Å². The number of hydrogen-bond acceptors (Lipinski definition) is 4. The smallest absolute Gasteiger partial charge is 0.224 e. The maximum Gasteiger partial charge on any atom is 0.224 e. The molecular weight excluding hydrogens is 192 g/mol. The Morgan fingerprint density at radius 3 is 2.87 bits per heavy atom. The van der Waals surface area contributed by atoms with Crippen LogP contribution in [-0.4, -0.2) is 30.3 Å². The molecule has 0 atom stereocenters. The molecule has 0 radical (unpaired) electrons. The summed E-state index contributed by atoms with van der Waals surface area (Å²) in [5, 5.41) is 0.927. The first-order chi connectivity index (χ1) is 7.42. The maximum absolute atomic E-state index is 5.48. The number of para-hydroxylation sites is 1. The second kappa shape index (κ2) is 4.70. The van der Waals surface area contributed by atoms with E-state index in [9.17, 15) is 0 Å². The summed E-state index contributed by atoms with van der Waals surface area (Å²) in [4.78, 5) is 8.24. The molecule has 0 spiro atoms. The van der Waals surface area contributed by atoms with Gasteiger partial charge in [0.15, 0.2) is 0 Å². The standard InChI is InChI=1S/C11H12N2O2/c1-14-6-7-15-11-9-4-2-3-5-10(9)12-8-13-11/h2-5,8H,6-7H2,1H3. The number of ether oxygens (including phenoxy) is 2. The Labute approximate surface area is 87.9 Å². The van der Waals surface area contributed by atoms with Gasteiger partial charge in [0.05, 0.1) is 17.5 Å². The van der Waals surface area contributed by atoms with E-state index in [1.54, 1.807) is 7.11 Å². The molecular formula is C11H12N2O2. The SMILES string of the molecule is COCCOc1ncnc2ccccc12. The molecule has 0 saturated heterocycles. The maximum atomic E-state index is 5.48. The second-order valence-corrected chi connectivity index (χ2v) is 3.04. The van der Waals surface area contributed by atoms with Crippen molar-refractivity contribution >= 4 is 10.9 Å². The van der Waals surface area contributed by atoms with Crippen LogP contribution in [0.1, 0.15) is 0 Å². The zero-order chi connectivity index (χ0) is 10.5. The summed E-state index contributed by atoms with van der Waals surface area (Å²) in [5.74, 6) is 0.609. The number of nitrogens with zero attached hydrogens (tertiary/aromatic N) is 2. The molecule has 15 heavy (non-hydrogen) atoms. The summed E-state index contributed by atoms with van der Waals surface area (Å²) in [7, 11) is 1.64. The van der Waals surface area contributed by atoms with Crippen molar-refractivity contribution in [1.82, 2.24) is 9.97 Å². The monoisotopic (exact) mass is 204 g/mol. The molecule has 0 aliphatic heterocycles. The predicted octanol–water partition coefficient (Wildman–Crippen LogP) is 1.66. The zero-order valence-corrected chi connectivity index (χ0v) is 8.51. The zero-order valence-electron chi connectivity index (χ0n) is 8.51. The fourth-order valence-electron chi connectivity index (χ4n) is 1.32. The Morgan fingerprint density at radius 2 is 2.00 bits per heavy atom. The minimum absolute atomic E-state index is 0.498. The van der Waals surface area contributed by atoms with Gasteiger partial charge >= 0.3 is 0 Å². The Bertz CT molecular complexity index is 440. The van der Waals surface area contributed by atoms with Gasteiger partial charge in [0.25, 0.3) is 0 Å². The highest BCUT2D eigenvalue weighted by atomic mass is 16.5. The van der Waals surface area contributed by atoms with Crippen LogP contribution in [0.3, 0.4) is 0 Å². The Kier molecular flexibility index (Phi) is 3.09. The van der Waals surface area contributed by atoms with Crippen LogP contribution in [0.2, 0.25) is 0 Å². The Hall–Kier alpha value is -1.68. The van der Waals surface area contributed by atoms with Crippen molar-refractivity contribution < 1.29 is 9.47 Å². The van der Waals surface area contributed by atoms with Gasteiger partial charge in [-0.1, -0.05) is 12.1 Å². The van der Waals surface area contributed by atoms with E-state index in [-0.39, 0.29) is 0 Å². The third-order valence-electron chi connectivity index (χ3n) is 2.03. The lowest BCUT2D eigenvalue weighted by Crippen LogP contribution is -2.05. The second-order valence-electron chi connectivity index (χ2n) is 3.04. The summed E-state index contributed by atoms with van der Waals surface area (Å²) in [6, 6.07) is 7.75. The van der Waals surface area contributed by atoms with Crippen molar-refractivity contribution in [3.8, 4) is 5.88 Å². The summed E-state index contributed by atoms with van der Waals surface area (Å²) in [5.41, 5.74) is 0.889. The number of hydrogen-bond donors (Lipinski definition) is 0. The van der Waals surface area contributed by atoms with Crippen molar-refractivity contribution in [1.29, 1.82) is 0 Å². The average Bonchev–Trinajstić information content (AvgIpc) is 2.30. The van der Waals surface area contributed by atoms with E-state index in [2.05, 4.69) is 9.97 Å². The van der Waals surface area contributed by atoms with Crippen LogP contribution in [0.4, 0.5) is 0 Å². The largest absolute Gasteiger partial charge is 0.475 e. The first-order valence-electron chi connectivity index (χ1n) is 4.73. The molecule has 4 heteroatoms. The third-order valence-corrected chi connectivity index (χ3v) is 2.03. The van der Waals surface area contributed by atoms with Gasteiger partial charge in [-0.15, -0.1) is 0 Å². The molecule has 1 aromatic carbocycles. The fourth-order valence-corrected chi connectivity index (χ4v) is 1.32. The first-order valence-corrected chi connectivity index (χ1v) is 4.73. The quantitative estimate of drug-likeness (QED) is 0.710. The van der Waals surface area contributed by atoms with Gasteiger partial charge in [0, 0.05) is 7.11 Å². The average molecular weight is 204 g/mol. The molecule has 1 heterocycles. The van der Waals surface area contributed by atoms with Gasteiger partial charge in [-0.3, -0.25) is 0 Å². The van der Waals surface area contributed by atoms with Crippen molar-refractivity contribution in [2.75, 3.05) is 20.3 Å². The molecule has 0 bridgehead atoms. The van der Waals surface area contributed by atoms with E-state index in [4.69, 9.17) is 9.47 Å². The van der Waals surface area contributed by atoms with Crippen LogP contribution >= 0.6 is 0 Å². The fraction of sp³-hybridized carbons (Fsp3) is 0.273. The minimum Gasteiger partial charge on any atom is -0.475 e. The highest BCUT2D eigenvalue weighted by molar-refractivity contribution is 5.82. The number of methoxy groups -OCH3 is 1. The lowest BCUT2D eigenvalue weighted by Gasteiger charge is -2.06. The molecule has 2 rings (SSSR count). The molecule has 0 unspecified atom stereocenters. The van der Waals surface area contributed by atoms with Crippen molar-refractivity contribution in [2.45, 2.75) is 0 Å². The topological polar surface area (TPSA) is 44.2 Å². The predicted molar refractivity (Wildman–Crippen MR) is 56.9 cm³/mol. The van der Waals surface area contributed by atoms with Crippen molar-refractivity contribution in [3.63, 3.8) is 0 Å². The highest BCUT2D eigenvalue weighted by Gasteiger charge is 2.02. The van der Waals surface area contributed by atoms with Gasteiger partial charge in [-0.05, 0) is 12.1 Å². The minimum atomic E-state index is 0.498. The highest BCUT2D eigenvalue weighted by Crippen LogP contribution is 2.20. The number of aromatic nitrogens is 2. The summed E-state index contributed by atoms with van der Waals surface area (Å²) in [6.45, 7) is 1.05. The van der Waals surface area contributed by atoms with Gasteiger partial charge in [-0.25, -0.2) is 9.97 Å². The van der Waals surface area contributed by atoms with Crippen LogP contribution in [0, 0.1) is 0 Å². The number of benzene rings is 1. The van der Waals surface area contributed by atoms with Crippen molar-refractivity contribution in [2.24, 2.45) is 0 Å². The van der Waals surface area contributed by atoms with Crippen molar-refractivity contribution in [3.05, 3.63) is 30.6 Å². The summed E-state index contributed by atoms with van der Waals surface area (Å²) < 4.78 is 10.4. The van der Waals surface area contributed by atoms with Gasteiger partial charge < -0.3 is 9.47 Å². The molecule has 0 saturated carbocycles. The van der Waals surface area contributed by atoms with Crippen LogP contribution < -0.4 is 4.74 Å². The molecule has 0 N–H and O–H groups in total. The normalized spacial score (nSPS) is 10.5. The number of rotatable bonds is 4. The van der Waals surface area contributed by atoms with Gasteiger partial charge in [0.1, 0.15) is 12.9 Å². The molecule has 78 valence electrons.